The Morgan fingerprint density at radius 1 is 1.21 bits per heavy atom. The van der Waals surface area contributed by atoms with E-state index in [1.807, 2.05) is 34.0 Å². The molecule has 0 bridgehead atoms. The van der Waals surface area contributed by atoms with Gasteiger partial charge in [0, 0.05) is 24.4 Å². The lowest BCUT2D eigenvalue weighted by Crippen LogP contribution is -2.36. The van der Waals surface area contributed by atoms with Gasteiger partial charge in [-0.1, -0.05) is 20.8 Å². The van der Waals surface area contributed by atoms with Crippen LogP contribution in [0.3, 0.4) is 0 Å². The van der Waals surface area contributed by atoms with Crippen molar-refractivity contribution in [3.05, 3.63) is 52.8 Å². The smallest absolute Gasteiger partial charge is 0.335 e. The number of aromatic carboxylic acids is 1. The van der Waals surface area contributed by atoms with E-state index < -0.39 is 5.97 Å². The van der Waals surface area contributed by atoms with Crippen LogP contribution in [-0.2, 0) is 7.05 Å². The number of amides is 1. The molecule has 6 heteroatoms. The number of hydrogen-bond donors (Lipinski definition) is 2. The number of aryl methyl sites for hydroxylation is 2. The summed E-state index contributed by atoms with van der Waals surface area (Å²) in [4.78, 5) is 23.9. The lowest BCUT2D eigenvalue weighted by atomic mass is 9.83. The minimum absolute atomic E-state index is 0.105. The Hall–Kier alpha value is -2.63. The molecule has 0 aliphatic carbocycles. The van der Waals surface area contributed by atoms with E-state index in [2.05, 4.69) is 10.4 Å². The van der Waals surface area contributed by atoms with Crippen molar-refractivity contribution in [2.24, 2.45) is 12.5 Å². The highest BCUT2D eigenvalue weighted by atomic mass is 16.4. The summed E-state index contributed by atoms with van der Waals surface area (Å²) >= 11 is 0. The quantitative estimate of drug-likeness (QED) is 0.903. The molecule has 1 heterocycles. The number of carboxylic acid groups (broad SMARTS) is 1. The number of hydrogen-bond acceptors (Lipinski definition) is 3. The van der Waals surface area contributed by atoms with Gasteiger partial charge in [0.25, 0.3) is 5.91 Å². The fourth-order valence-corrected chi connectivity index (χ4v) is 2.64. The Morgan fingerprint density at radius 2 is 1.83 bits per heavy atom. The summed E-state index contributed by atoms with van der Waals surface area (Å²) in [5.74, 6) is -1.35. The zero-order chi connectivity index (χ0) is 18.1. The number of benzene rings is 1. The van der Waals surface area contributed by atoms with Crippen molar-refractivity contribution >= 4 is 11.9 Å². The van der Waals surface area contributed by atoms with E-state index in [0.29, 0.717) is 5.56 Å². The Bertz CT molecular complexity index is 772. The Kier molecular flexibility index (Phi) is 4.78. The summed E-state index contributed by atoms with van der Waals surface area (Å²) in [6, 6.07) is 4.38. The largest absolute Gasteiger partial charge is 0.478 e. The number of aromatic nitrogens is 2. The lowest BCUT2D eigenvalue weighted by Gasteiger charge is -2.31. The number of nitrogens with zero attached hydrogens (tertiary/aromatic N) is 2. The highest BCUT2D eigenvalue weighted by Gasteiger charge is 2.29. The minimum atomic E-state index is -1.05. The normalized spacial score (nSPS) is 12.7. The molecule has 1 aromatic heterocycles. The van der Waals surface area contributed by atoms with Gasteiger partial charge < -0.3 is 10.4 Å². The molecule has 1 aromatic carbocycles. The second-order valence-corrected chi connectivity index (χ2v) is 7.11. The van der Waals surface area contributed by atoms with Crippen LogP contribution in [0.5, 0.6) is 0 Å². The van der Waals surface area contributed by atoms with Crippen molar-refractivity contribution in [3.63, 3.8) is 0 Å². The Labute approximate surface area is 141 Å². The maximum absolute atomic E-state index is 12.7. The zero-order valence-corrected chi connectivity index (χ0v) is 14.6. The molecule has 0 spiro atoms. The molecule has 0 aliphatic heterocycles. The highest BCUT2D eigenvalue weighted by molar-refractivity contribution is 5.98. The fourth-order valence-electron chi connectivity index (χ4n) is 2.64. The molecule has 2 rings (SSSR count). The maximum atomic E-state index is 12.7. The third-order valence-corrected chi connectivity index (χ3v) is 3.79. The first-order valence-corrected chi connectivity index (χ1v) is 7.72. The van der Waals surface area contributed by atoms with Crippen molar-refractivity contribution in [2.75, 3.05) is 0 Å². The van der Waals surface area contributed by atoms with Gasteiger partial charge in [-0.25, -0.2) is 4.79 Å². The second kappa shape index (κ2) is 6.47. The van der Waals surface area contributed by atoms with Gasteiger partial charge in [0.15, 0.2) is 0 Å². The van der Waals surface area contributed by atoms with Crippen LogP contribution in [-0.4, -0.2) is 26.8 Å². The van der Waals surface area contributed by atoms with Gasteiger partial charge in [-0.3, -0.25) is 9.48 Å². The molecule has 0 saturated heterocycles. The summed E-state index contributed by atoms with van der Waals surface area (Å²) in [6.45, 7) is 7.86. The zero-order valence-electron chi connectivity index (χ0n) is 14.6. The van der Waals surface area contributed by atoms with E-state index >= 15 is 0 Å². The average Bonchev–Trinajstić information content (AvgIpc) is 2.88. The third kappa shape index (κ3) is 4.01. The number of rotatable bonds is 4. The van der Waals surface area contributed by atoms with Gasteiger partial charge in [0.05, 0.1) is 17.8 Å². The first-order chi connectivity index (χ1) is 11.1. The molecular weight excluding hydrogens is 306 g/mol. The SMILES string of the molecule is Cc1cc(C(=O)O)cc(C(=O)NC(c2cnn(C)c2)C(C)(C)C)c1. The Balaban J connectivity index is 2.33. The number of carbonyl (C=O) groups is 2. The van der Waals surface area contributed by atoms with Crippen molar-refractivity contribution in [3.8, 4) is 0 Å². The van der Waals surface area contributed by atoms with Gasteiger partial charge in [0.2, 0.25) is 0 Å². The minimum Gasteiger partial charge on any atom is -0.478 e. The molecule has 2 N–H and O–H groups in total. The van der Waals surface area contributed by atoms with Crippen LogP contribution in [0.2, 0.25) is 0 Å². The molecule has 1 unspecified atom stereocenters. The van der Waals surface area contributed by atoms with Crippen molar-refractivity contribution in [2.45, 2.75) is 33.7 Å². The molecule has 24 heavy (non-hydrogen) atoms. The number of nitrogens with one attached hydrogen (secondary N) is 1. The van der Waals surface area contributed by atoms with Crippen molar-refractivity contribution in [1.82, 2.24) is 15.1 Å². The van der Waals surface area contributed by atoms with Gasteiger partial charge in [-0.2, -0.15) is 5.10 Å². The van der Waals surface area contributed by atoms with Crippen molar-refractivity contribution < 1.29 is 14.7 Å². The van der Waals surface area contributed by atoms with E-state index in [-0.39, 0.29) is 22.9 Å². The monoisotopic (exact) mass is 329 g/mol. The van der Waals surface area contributed by atoms with Crippen LogP contribution in [0, 0.1) is 12.3 Å². The predicted octanol–water partition coefficient (Wildman–Crippen LogP) is 2.94. The second-order valence-electron chi connectivity index (χ2n) is 7.11. The Morgan fingerprint density at radius 3 is 2.33 bits per heavy atom. The van der Waals surface area contributed by atoms with Crippen LogP contribution < -0.4 is 5.32 Å². The summed E-state index contributed by atoms with van der Waals surface area (Å²) in [5.41, 5.74) is 1.86. The molecule has 6 nitrogen and oxygen atoms in total. The number of carboxylic acids is 1. The molecule has 128 valence electrons. The van der Waals surface area contributed by atoms with Gasteiger partial charge in [-0.05, 0) is 36.1 Å². The number of carbonyl (C=O) groups excluding carboxylic acids is 1. The predicted molar refractivity (Wildman–Crippen MR) is 91.0 cm³/mol. The standard InChI is InChI=1S/C18H23N3O3/c1-11-6-12(8-13(7-11)17(23)24)16(22)20-15(18(2,3)4)14-9-19-21(5)10-14/h6-10,15H,1-5H3,(H,20,22)(H,23,24). The molecule has 0 aliphatic rings. The van der Waals surface area contributed by atoms with Crippen LogP contribution in [0.4, 0.5) is 0 Å². The fraction of sp³-hybridized carbons (Fsp3) is 0.389. The van der Waals surface area contributed by atoms with Crippen LogP contribution in [0.1, 0.15) is 58.7 Å². The van der Waals surface area contributed by atoms with Gasteiger partial charge >= 0.3 is 5.97 Å². The molecule has 0 radical (unpaired) electrons. The summed E-state index contributed by atoms with van der Waals surface area (Å²) < 4.78 is 1.69. The van der Waals surface area contributed by atoms with E-state index in [0.717, 1.165) is 11.1 Å². The van der Waals surface area contributed by atoms with E-state index in [4.69, 9.17) is 5.11 Å². The lowest BCUT2D eigenvalue weighted by molar-refractivity contribution is 0.0696. The molecular formula is C18H23N3O3. The topological polar surface area (TPSA) is 84.2 Å². The average molecular weight is 329 g/mol. The molecule has 1 atom stereocenters. The van der Waals surface area contributed by atoms with Crippen molar-refractivity contribution in [1.29, 1.82) is 0 Å². The van der Waals surface area contributed by atoms with Crippen LogP contribution >= 0.6 is 0 Å². The summed E-state index contributed by atoms with van der Waals surface area (Å²) in [6.07, 6.45) is 3.60. The molecule has 2 aromatic rings. The maximum Gasteiger partial charge on any atom is 0.335 e. The third-order valence-electron chi connectivity index (χ3n) is 3.79. The molecule has 0 fully saturated rings. The van der Waals surface area contributed by atoms with E-state index in [1.54, 1.807) is 29.9 Å². The van der Waals surface area contributed by atoms with Crippen LogP contribution in [0.15, 0.2) is 30.6 Å². The summed E-state index contributed by atoms with van der Waals surface area (Å²) in [5, 5.41) is 16.3. The molecule has 1 amide bonds. The first kappa shape index (κ1) is 17.7. The van der Waals surface area contributed by atoms with Gasteiger partial charge in [-0.15, -0.1) is 0 Å². The summed E-state index contributed by atoms with van der Waals surface area (Å²) in [7, 11) is 1.82. The van der Waals surface area contributed by atoms with E-state index in [1.165, 1.54) is 6.07 Å². The highest BCUT2D eigenvalue weighted by Crippen LogP contribution is 2.32. The van der Waals surface area contributed by atoms with E-state index in [9.17, 15) is 9.59 Å². The van der Waals surface area contributed by atoms with Gasteiger partial charge in [0.1, 0.15) is 0 Å². The van der Waals surface area contributed by atoms with Crippen LogP contribution in [0.25, 0.3) is 0 Å². The molecule has 0 saturated carbocycles. The first-order valence-electron chi connectivity index (χ1n) is 7.72.